The molecule has 0 saturated heterocycles. The van der Waals surface area contributed by atoms with Gasteiger partial charge in [-0.3, -0.25) is 4.68 Å². The Kier molecular flexibility index (Phi) is 4.99. The van der Waals surface area contributed by atoms with Crippen LogP contribution in [0.3, 0.4) is 0 Å². The molecule has 5 heteroatoms. The van der Waals surface area contributed by atoms with Gasteiger partial charge in [-0.1, -0.05) is 24.8 Å². The zero-order valence-corrected chi connectivity index (χ0v) is 12.5. The van der Waals surface area contributed by atoms with E-state index in [1.165, 1.54) is 10.6 Å². The van der Waals surface area contributed by atoms with Crippen LogP contribution in [0.1, 0.15) is 24.6 Å². The molecule has 0 radical (unpaired) electrons. The molecule has 2 heterocycles. The lowest BCUT2D eigenvalue weighted by Crippen LogP contribution is -2.14. The monoisotopic (exact) mass is 276 g/mol. The third-order valence-corrected chi connectivity index (χ3v) is 4.01. The van der Waals surface area contributed by atoms with Gasteiger partial charge in [-0.25, -0.2) is 4.98 Å². The van der Waals surface area contributed by atoms with Crippen LogP contribution in [0, 0.1) is 6.92 Å². The highest BCUT2D eigenvalue weighted by atomic mass is 32.2. The van der Waals surface area contributed by atoms with Crippen molar-refractivity contribution in [2.75, 3.05) is 6.54 Å². The molecule has 1 N–H and O–H groups in total. The second-order valence-electron chi connectivity index (χ2n) is 4.44. The highest BCUT2D eigenvalue weighted by molar-refractivity contribution is 7.99. The van der Waals surface area contributed by atoms with E-state index in [9.17, 15) is 0 Å². The van der Waals surface area contributed by atoms with E-state index in [-0.39, 0.29) is 0 Å². The van der Waals surface area contributed by atoms with Crippen molar-refractivity contribution in [1.82, 2.24) is 20.1 Å². The predicted octanol–water partition coefficient (Wildman–Crippen LogP) is 2.77. The Labute approximate surface area is 118 Å². The van der Waals surface area contributed by atoms with Crippen LogP contribution in [0.4, 0.5) is 0 Å². The molecular weight excluding hydrogens is 256 g/mol. The van der Waals surface area contributed by atoms with Gasteiger partial charge < -0.3 is 5.32 Å². The van der Waals surface area contributed by atoms with E-state index < -0.39 is 0 Å². The third-order valence-electron chi connectivity index (χ3n) is 2.86. The molecule has 0 atom stereocenters. The van der Waals surface area contributed by atoms with Gasteiger partial charge in [0, 0.05) is 25.4 Å². The highest BCUT2D eigenvalue weighted by Crippen LogP contribution is 2.30. The number of hydrogen-bond acceptors (Lipinski definition) is 4. The Bertz CT molecular complexity index is 522. The molecule has 0 saturated carbocycles. The van der Waals surface area contributed by atoms with E-state index in [1.807, 2.05) is 36.1 Å². The van der Waals surface area contributed by atoms with Crippen molar-refractivity contribution >= 4 is 11.8 Å². The lowest BCUT2D eigenvalue weighted by atomic mass is 10.2. The number of aryl methyl sites for hydroxylation is 2. The van der Waals surface area contributed by atoms with Crippen LogP contribution in [0.15, 0.2) is 34.4 Å². The van der Waals surface area contributed by atoms with Crippen LogP contribution in [0.5, 0.6) is 0 Å². The van der Waals surface area contributed by atoms with Crippen molar-refractivity contribution in [3.63, 3.8) is 0 Å². The number of nitrogens with one attached hydrogen (secondary N) is 1. The molecule has 4 nitrogen and oxygen atoms in total. The second kappa shape index (κ2) is 6.73. The molecule has 0 aliphatic heterocycles. The van der Waals surface area contributed by atoms with Crippen LogP contribution >= 0.6 is 11.8 Å². The van der Waals surface area contributed by atoms with Gasteiger partial charge in [0.25, 0.3) is 0 Å². The number of nitrogens with zero attached hydrogens (tertiary/aromatic N) is 3. The molecule has 0 amide bonds. The molecule has 0 fully saturated rings. The molecule has 0 bridgehead atoms. The van der Waals surface area contributed by atoms with E-state index in [2.05, 4.69) is 29.2 Å². The summed E-state index contributed by atoms with van der Waals surface area (Å²) in [6.45, 7) is 6.13. The minimum Gasteiger partial charge on any atom is -0.313 e. The summed E-state index contributed by atoms with van der Waals surface area (Å²) in [6, 6.07) is 5.96. The Morgan fingerprint density at radius 1 is 1.37 bits per heavy atom. The maximum Gasteiger partial charge on any atom is 0.105 e. The average Bonchev–Trinajstić information content (AvgIpc) is 2.67. The summed E-state index contributed by atoms with van der Waals surface area (Å²) in [5.41, 5.74) is 2.36. The Hall–Kier alpha value is -1.33. The van der Waals surface area contributed by atoms with Crippen molar-refractivity contribution in [3.8, 4) is 0 Å². The Morgan fingerprint density at radius 3 is 2.89 bits per heavy atom. The summed E-state index contributed by atoms with van der Waals surface area (Å²) in [5.74, 6) is 0. The third kappa shape index (κ3) is 3.58. The fourth-order valence-electron chi connectivity index (χ4n) is 1.91. The van der Waals surface area contributed by atoms with Gasteiger partial charge in [-0.2, -0.15) is 5.10 Å². The minimum absolute atomic E-state index is 0.864. The van der Waals surface area contributed by atoms with Crippen molar-refractivity contribution in [3.05, 3.63) is 35.7 Å². The minimum atomic E-state index is 0.864. The zero-order chi connectivity index (χ0) is 13.7. The molecule has 2 aromatic rings. The first-order chi connectivity index (χ1) is 9.22. The predicted molar refractivity (Wildman–Crippen MR) is 78.3 cm³/mol. The fourth-order valence-corrected chi connectivity index (χ4v) is 2.88. The van der Waals surface area contributed by atoms with Gasteiger partial charge in [-0.05, 0) is 32.0 Å². The molecule has 0 unspecified atom stereocenters. The summed E-state index contributed by atoms with van der Waals surface area (Å²) in [5, 5.41) is 10.1. The highest BCUT2D eigenvalue weighted by Gasteiger charge is 2.14. The van der Waals surface area contributed by atoms with Crippen LogP contribution < -0.4 is 5.32 Å². The number of pyridine rings is 1. The number of hydrogen-bond donors (Lipinski definition) is 1. The fraction of sp³-hybridized carbons (Fsp3) is 0.429. The largest absolute Gasteiger partial charge is 0.313 e. The smallest absolute Gasteiger partial charge is 0.105 e. The molecule has 19 heavy (non-hydrogen) atoms. The quantitative estimate of drug-likeness (QED) is 0.824. The second-order valence-corrected chi connectivity index (χ2v) is 5.45. The first-order valence-corrected chi connectivity index (χ1v) is 7.36. The number of rotatable bonds is 6. The standard InChI is InChI=1S/C14H20N4S/c1-4-8-15-10-12-11(2)17-18(3)14(12)19-13-7-5-6-9-16-13/h5-7,9,15H,4,8,10H2,1-3H3. The molecule has 0 aliphatic rings. The van der Waals surface area contributed by atoms with E-state index in [0.29, 0.717) is 0 Å². The molecule has 0 aromatic carbocycles. The van der Waals surface area contributed by atoms with E-state index >= 15 is 0 Å². The van der Waals surface area contributed by atoms with Crippen molar-refractivity contribution in [1.29, 1.82) is 0 Å². The van der Waals surface area contributed by atoms with Crippen LogP contribution in [-0.4, -0.2) is 21.3 Å². The summed E-state index contributed by atoms with van der Waals surface area (Å²) in [4.78, 5) is 4.36. The van der Waals surface area contributed by atoms with Gasteiger partial charge in [0.15, 0.2) is 0 Å². The zero-order valence-electron chi connectivity index (χ0n) is 11.7. The molecular formula is C14H20N4S. The maximum absolute atomic E-state index is 4.51. The van der Waals surface area contributed by atoms with Gasteiger partial charge in [0.1, 0.15) is 10.1 Å². The first kappa shape index (κ1) is 14.1. The number of aromatic nitrogens is 3. The SMILES string of the molecule is CCCNCc1c(C)nn(C)c1Sc1ccccn1. The Morgan fingerprint density at radius 2 is 2.21 bits per heavy atom. The van der Waals surface area contributed by atoms with E-state index in [1.54, 1.807) is 11.8 Å². The topological polar surface area (TPSA) is 42.7 Å². The van der Waals surface area contributed by atoms with Crippen LogP contribution in [0.2, 0.25) is 0 Å². The molecule has 2 rings (SSSR count). The van der Waals surface area contributed by atoms with Gasteiger partial charge >= 0.3 is 0 Å². The van der Waals surface area contributed by atoms with Gasteiger partial charge in [0.05, 0.1) is 5.69 Å². The normalized spacial score (nSPS) is 10.9. The molecule has 2 aromatic heterocycles. The lowest BCUT2D eigenvalue weighted by Gasteiger charge is -2.07. The maximum atomic E-state index is 4.51. The van der Waals surface area contributed by atoms with Crippen LogP contribution in [0.25, 0.3) is 0 Å². The van der Waals surface area contributed by atoms with E-state index in [0.717, 1.165) is 30.2 Å². The first-order valence-electron chi connectivity index (χ1n) is 6.54. The molecule has 0 spiro atoms. The van der Waals surface area contributed by atoms with Gasteiger partial charge in [0.2, 0.25) is 0 Å². The lowest BCUT2D eigenvalue weighted by molar-refractivity contribution is 0.652. The summed E-state index contributed by atoms with van der Waals surface area (Å²) >= 11 is 1.67. The molecule has 102 valence electrons. The summed E-state index contributed by atoms with van der Waals surface area (Å²) in [7, 11) is 1.99. The average molecular weight is 276 g/mol. The van der Waals surface area contributed by atoms with Crippen molar-refractivity contribution < 1.29 is 0 Å². The van der Waals surface area contributed by atoms with Crippen molar-refractivity contribution in [2.24, 2.45) is 7.05 Å². The van der Waals surface area contributed by atoms with E-state index in [4.69, 9.17) is 0 Å². The Balaban J connectivity index is 2.19. The van der Waals surface area contributed by atoms with Crippen LogP contribution in [-0.2, 0) is 13.6 Å². The summed E-state index contributed by atoms with van der Waals surface area (Å²) in [6.07, 6.45) is 2.96. The van der Waals surface area contributed by atoms with Crippen molar-refractivity contribution in [2.45, 2.75) is 36.9 Å². The molecule has 0 aliphatic carbocycles. The summed E-state index contributed by atoms with van der Waals surface area (Å²) < 4.78 is 1.94. The van der Waals surface area contributed by atoms with Gasteiger partial charge in [-0.15, -0.1) is 0 Å².